The monoisotopic (exact) mass is 268 g/mol. The van der Waals surface area contributed by atoms with Gasteiger partial charge in [0.15, 0.2) is 0 Å². The zero-order valence-electron chi connectivity index (χ0n) is 12.7. The summed E-state index contributed by atoms with van der Waals surface area (Å²) in [5.41, 5.74) is 0.441. The first-order chi connectivity index (χ1) is 8.81. The normalized spacial score (nSPS) is 41.4. The number of carbonyl (C=O) groups is 1. The van der Waals surface area contributed by atoms with Crippen molar-refractivity contribution in [2.75, 3.05) is 6.61 Å². The first-order valence-corrected chi connectivity index (χ1v) is 7.59. The fourth-order valence-electron chi connectivity index (χ4n) is 4.97. The third kappa shape index (κ3) is 2.54. The van der Waals surface area contributed by atoms with Crippen LogP contribution in [-0.2, 0) is 9.53 Å². The molecule has 0 aliphatic heterocycles. The lowest BCUT2D eigenvalue weighted by Gasteiger charge is -2.58. The molecule has 3 nitrogen and oxygen atoms in total. The lowest BCUT2D eigenvalue weighted by molar-refractivity contribution is -0.173. The molecule has 0 radical (unpaired) electrons. The van der Waals surface area contributed by atoms with Crippen LogP contribution in [0.5, 0.6) is 0 Å². The van der Waals surface area contributed by atoms with E-state index in [4.69, 9.17) is 4.74 Å². The SMILES string of the molecule is CC(=O)O[C@@H]1CC[C@H]2C(C)(C)CCC[C@]2(C)[C@H]1CO. The van der Waals surface area contributed by atoms with Crippen molar-refractivity contribution in [1.82, 2.24) is 0 Å². The molecular weight excluding hydrogens is 240 g/mol. The van der Waals surface area contributed by atoms with E-state index in [1.54, 1.807) is 0 Å². The van der Waals surface area contributed by atoms with E-state index in [9.17, 15) is 9.90 Å². The van der Waals surface area contributed by atoms with Crippen LogP contribution in [0.4, 0.5) is 0 Å². The van der Waals surface area contributed by atoms with E-state index in [1.807, 2.05) is 0 Å². The second-order valence-electron chi connectivity index (χ2n) is 7.41. The van der Waals surface area contributed by atoms with Crippen LogP contribution in [0.15, 0.2) is 0 Å². The maximum Gasteiger partial charge on any atom is 0.302 e. The Morgan fingerprint density at radius 2 is 1.95 bits per heavy atom. The van der Waals surface area contributed by atoms with Gasteiger partial charge in [-0.1, -0.05) is 27.2 Å². The summed E-state index contributed by atoms with van der Waals surface area (Å²) < 4.78 is 5.48. The van der Waals surface area contributed by atoms with Gasteiger partial charge in [0, 0.05) is 19.4 Å². The maximum absolute atomic E-state index is 11.3. The van der Waals surface area contributed by atoms with Gasteiger partial charge in [-0.25, -0.2) is 0 Å². The first kappa shape index (κ1) is 14.8. The summed E-state index contributed by atoms with van der Waals surface area (Å²) in [6.45, 7) is 8.61. The van der Waals surface area contributed by atoms with Crippen LogP contribution in [-0.4, -0.2) is 23.8 Å². The molecule has 0 saturated heterocycles. The van der Waals surface area contributed by atoms with Crippen LogP contribution in [0.3, 0.4) is 0 Å². The van der Waals surface area contributed by atoms with E-state index in [-0.39, 0.29) is 30.0 Å². The van der Waals surface area contributed by atoms with Crippen LogP contribution in [0.1, 0.15) is 59.8 Å². The predicted molar refractivity (Wildman–Crippen MR) is 74.6 cm³/mol. The lowest BCUT2D eigenvalue weighted by atomic mass is 9.48. The molecule has 2 fully saturated rings. The van der Waals surface area contributed by atoms with Crippen molar-refractivity contribution < 1.29 is 14.6 Å². The molecule has 1 N–H and O–H groups in total. The Kier molecular flexibility index (Phi) is 3.97. The second kappa shape index (κ2) is 5.08. The van der Waals surface area contributed by atoms with Crippen molar-refractivity contribution in [2.24, 2.45) is 22.7 Å². The van der Waals surface area contributed by atoms with E-state index in [0.717, 1.165) is 19.3 Å². The number of aliphatic hydroxyl groups excluding tert-OH is 1. The van der Waals surface area contributed by atoms with E-state index in [2.05, 4.69) is 20.8 Å². The molecular formula is C16H28O3. The van der Waals surface area contributed by atoms with Gasteiger partial charge in [-0.05, 0) is 42.4 Å². The minimum absolute atomic E-state index is 0.0923. The fourth-order valence-corrected chi connectivity index (χ4v) is 4.97. The summed E-state index contributed by atoms with van der Waals surface area (Å²) in [7, 11) is 0. The number of rotatable bonds is 2. The minimum atomic E-state index is -0.222. The van der Waals surface area contributed by atoms with Crippen molar-refractivity contribution in [2.45, 2.75) is 65.9 Å². The van der Waals surface area contributed by atoms with Crippen molar-refractivity contribution in [3.05, 3.63) is 0 Å². The Balaban J connectivity index is 2.26. The Morgan fingerprint density at radius 3 is 2.53 bits per heavy atom. The molecule has 2 saturated carbocycles. The molecule has 0 spiro atoms. The summed E-state index contributed by atoms with van der Waals surface area (Å²) >= 11 is 0. The van der Waals surface area contributed by atoms with E-state index < -0.39 is 0 Å². The lowest BCUT2D eigenvalue weighted by Crippen LogP contribution is -2.55. The van der Waals surface area contributed by atoms with Crippen LogP contribution in [0.25, 0.3) is 0 Å². The number of ether oxygens (including phenoxy) is 1. The van der Waals surface area contributed by atoms with Gasteiger partial charge in [0.2, 0.25) is 0 Å². The minimum Gasteiger partial charge on any atom is -0.462 e. The molecule has 4 atom stereocenters. The van der Waals surface area contributed by atoms with Gasteiger partial charge in [0.25, 0.3) is 0 Å². The highest BCUT2D eigenvalue weighted by molar-refractivity contribution is 5.66. The molecule has 0 amide bonds. The quantitative estimate of drug-likeness (QED) is 0.783. The molecule has 19 heavy (non-hydrogen) atoms. The number of hydrogen-bond donors (Lipinski definition) is 1. The topological polar surface area (TPSA) is 46.5 Å². The van der Waals surface area contributed by atoms with E-state index in [0.29, 0.717) is 11.3 Å². The molecule has 0 aromatic heterocycles. The summed E-state index contributed by atoms with van der Waals surface area (Å²) in [6.07, 6.45) is 5.53. The largest absolute Gasteiger partial charge is 0.462 e. The van der Waals surface area contributed by atoms with Gasteiger partial charge >= 0.3 is 5.97 Å². The molecule has 2 aliphatic carbocycles. The third-order valence-corrected chi connectivity index (χ3v) is 5.83. The van der Waals surface area contributed by atoms with Gasteiger partial charge in [0.05, 0.1) is 0 Å². The van der Waals surface area contributed by atoms with Gasteiger partial charge in [-0.3, -0.25) is 4.79 Å². The van der Waals surface area contributed by atoms with Crippen molar-refractivity contribution >= 4 is 5.97 Å². The Bertz CT molecular complexity index is 350. The third-order valence-electron chi connectivity index (χ3n) is 5.83. The van der Waals surface area contributed by atoms with Crippen LogP contribution >= 0.6 is 0 Å². The molecule has 0 aromatic rings. The van der Waals surface area contributed by atoms with Gasteiger partial charge < -0.3 is 9.84 Å². The first-order valence-electron chi connectivity index (χ1n) is 7.59. The average Bonchev–Trinajstić information content (AvgIpc) is 2.26. The van der Waals surface area contributed by atoms with E-state index in [1.165, 1.54) is 19.8 Å². The standard InChI is InChI=1S/C16H28O3/c1-11(18)19-13-6-7-14-15(2,3)8-5-9-16(14,4)12(13)10-17/h12-14,17H,5-10H2,1-4H3/t12-,13+,14-,16+/m0/s1. The van der Waals surface area contributed by atoms with Crippen molar-refractivity contribution in [3.8, 4) is 0 Å². The summed E-state index contributed by atoms with van der Waals surface area (Å²) in [5, 5.41) is 9.86. The molecule has 110 valence electrons. The highest BCUT2D eigenvalue weighted by Gasteiger charge is 2.55. The smallest absolute Gasteiger partial charge is 0.302 e. The van der Waals surface area contributed by atoms with Crippen molar-refractivity contribution in [1.29, 1.82) is 0 Å². The van der Waals surface area contributed by atoms with Gasteiger partial charge in [-0.2, -0.15) is 0 Å². The molecule has 3 heteroatoms. The molecule has 2 aliphatic rings. The highest BCUT2D eigenvalue weighted by atomic mass is 16.5. The van der Waals surface area contributed by atoms with Gasteiger partial charge in [0.1, 0.15) is 6.10 Å². The second-order valence-corrected chi connectivity index (χ2v) is 7.41. The van der Waals surface area contributed by atoms with Gasteiger partial charge in [-0.15, -0.1) is 0 Å². The number of carbonyl (C=O) groups excluding carboxylic acids is 1. The number of esters is 1. The molecule has 0 aromatic carbocycles. The molecule has 0 bridgehead atoms. The predicted octanol–water partition coefficient (Wildman–Crippen LogP) is 3.15. The summed E-state index contributed by atoms with van der Waals surface area (Å²) in [5.74, 6) is 0.494. The summed E-state index contributed by atoms with van der Waals surface area (Å²) in [4.78, 5) is 11.3. The fraction of sp³-hybridized carbons (Fsp3) is 0.938. The molecule has 2 rings (SSSR count). The van der Waals surface area contributed by atoms with Crippen LogP contribution in [0, 0.1) is 22.7 Å². The Hall–Kier alpha value is -0.570. The highest BCUT2D eigenvalue weighted by Crippen LogP contribution is 2.60. The number of aliphatic hydroxyl groups is 1. The summed E-state index contributed by atoms with van der Waals surface area (Å²) in [6, 6.07) is 0. The average molecular weight is 268 g/mol. The van der Waals surface area contributed by atoms with E-state index >= 15 is 0 Å². The zero-order chi connectivity index (χ0) is 14.3. The number of fused-ring (bicyclic) bond motifs is 1. The zero-order valence-corrected chi connectivity index (χ0v) is 12.7. The van der Waals surface area contributed by atoms with Crippen LogP contribution < -0.4 is 0 Å². The molecule has 0 heterocycles. The van der Waals surface area contributed by atoms with Crippen LogP contribution in [0.2, 0.25) is 0 Å². The maximum atomic E-state index is 11.3. The Labute approximate surface area is 116 Å². The number of hydrogen-bond acceptors (Lipinski definition) is 3. The van der Waals surface area contributed by atoms with Crippen molar-refractivity contribution in [3.63, 3.8) is 0 Å². The molecule has 0 unspecified atom stereocenters. The Morgan fingerprint density at radius 1 is 1.26 bits per heavy atom.